The lowest BCUT2D eigenvalue weighted by Crippen LogP contribution is -1.96. The highest BCUT2D eigenvalue weighted by molar-refractivity contribution is 6.44. The van der Waals surface area contributed by atoms with Crippen molar-refractivity contribution in [1.82, 2.24) is 4.98 Å². The van der Waals surface area contributed by atoms with Gasteiger partial charge in [0.2, 0.25) is 0 Å². The minimum Gasteiger partial charge on any atom is -0.477 e. The molecule has 2 rings (SSSR count). The molecule has 1 aromatic carbocycles. The summed E-state index contributed by atoms with van der Waals surface area (Å²) in [5.41, 5.74) is 0.197. The lowest BCUT2D eigenvalue weighted by molar-refractivity contribution is 0.0692. The summed E-state index contributed by atoms with van der Waals surface area (Å²) in [6.07, 6.45) is 0. The van der Waals surface area contributed by atoms with Crippen LogP contribution in [0.15, 0.2) is 12.1 Å². The molecule has 3 nitrogen and oxygen atoms in total. The highest BCUT2D eigenvalue weighted by atomic mass is 35.5. The largest absolute Gasteiger partial charge is 0.477 e. The van der Waals surface area contributed by atoms with Crippen LogP contribution in [0.5, 0.6) is 0 Å². The molecule has 0 bridgehead atoms. The van der Waals surface area contributed by atoms with Gasteiger partial charge in [-0.05, 0) is 12.1 Å². The lowest BCUT2D eigenvalue weighted by atomic mass is 10.2. The van der Waals surface area contributed by atoms with Gasteiger partial charge in [0.1, 0.15) is 11.5 Å². The number of hydrogen-bond donors (Lipinski definition) is 2. The Hall–Kier alpha value is -1.26. The van der Waals surface area contributed by atoms with Crippen molar-refractivity contribution < 1.29 is 14.3 Å². The maximum Gasteiger partial charge on any atom is 0.353 e. The highest BCUT2D eigenvalue weighted by Gasteiger charge is 2.18. The molecule has 1 heterocycles. The second kappa shape index (κ2) is 3.40. The number of H-pyrrole nitrogens is 1. The van der Waals surface area contributed by atoms with Crippen LogP contribution in [0.4, 0.5) is 4.39 Å². The van der Waals surface area contributed by atoms with E-state index in [0.717, 1.165) is 6.07 Å². The van der Waals surface area contributed by atoms with Gasteiger partial charge in [-0.25, -0.2) is 9.18 Å². The van der Waals surface area contributed by atoms with Crippen molar-refractivity contribution in [3.8, 4) is 0 Å². The van der Waals surface area contributed by atoms with E-state index in [4.69, 9.17) is 28.3 Å². The van der Waals surface area contributed by atoms with Crippen molar-refractivity contribution in [2.45, 2.75) is 0 Å². The van der Waals surface area contributed by atoms with Crippen molar-refractivity contribution in [1.29, 1.82) is 0 Å². The van der Waals surface area contributed by atoms with Crippen LogP contribution >= 0.6 is 23.2 Å². The van der Waals surface area contributed by atoms with Gasteiger partial charge in [0.05, 0.1) is 10.0 Å². The van der Waals surface area contributed by atoms with Crippen LogP contribution < -0.4 is 0 Å². The van der Waals surface area contributed by atoms with Crippen LogP contribution in [0.2, 0.25) is 10.0 Å². The number of benzene rings is 1. The molecule has 0 fully saturated rings. The molecular weight excluding hydrogens is 244 g/mol. The summed E-state index contributed by atoms with van der Waals surface area (Å²) in [5, 5.41) is 8.70. The zero-order valence-corrected chi connectivity index (χ0v) is 8.66. The number of carboxylic acids is 1. The predicted molar refractivity (Wildman–Crippen MR) is 55.2 cm³/mol. The van der Waals surface area contributed by atoms with E-state index < -0.39 is 11.8 Å². The topological polar surface area (TPSA) is 53.1 Å². The molecule has 78 valence electrons. The Morgan fingerprint density at radius 3 is 2.60 bits per heavy atom. The molecule has 6 heteroatoms. The summed E-state index contributed by atoms with van der Waals surface area (Å²) in [6.45, 7) is 0. The second-order valence-electron chi connectivity index (χ2n) is 2.90. The number of fused-ring (bicyclic) bond motifs is 1. The van der Waals surface area contributed by atoms with E-state index in [0.29, 0.717) is 5.52 Å². The fourth-order valence-electron chi connectivity index (χ4n) is 1.33. The van der Waals surface area contributed by atoms with E-state index in [1.807, 2.05) is 0 Å². The van der Waals surface area contributed by atoms with Gasteiger partial charge in [-0.15, -0.1) is 0 Å². The standard InChI is InChI=1S/C9H4Cl2FNO2/c10-6-3(12)1-2-4-5(6)7(11)8(13-4)9(14)15/h1-2,13H,(H,14,15). The molecule has 0 aliphatic carbocycles. The number of carbonyl (C=O) groups is 1. The Morgan fingerprint density at radius 2 is 2.00 bits per heavy atom. The maximum atomic E-state index is 13.1. The third kappa shape index (κ3) is 1.46. The first-order chi connectivity index (χ1) is 7.02. The summed E-state index contributed by atoms with van der Waals surface area (Å²) in [5.74, 6) is -1.85. The molecule has 0 unspecified atom stereocenters. The molecule has 0 radical (unpaired) electrons. The third-order valence-corrected chi connectivity index (χ3v) is 2.75. The number of aromatic amines is 1. The van der Waals surface area contributed by atoms with Crippen molar-refractivity contribution in [3.05, 3.63) is 33.7 Å². The predicted octanol–water partition coefficient (Wildman–Crippen LogP) is 3.31. The number of aromatic nitrogens is 1. The smallest absolute Gasteiger partial charge is 0.353 e. The van der Waals surface area contributed by atoms with Crippen LogP contribution in [0.1, 0.15) is 10.5 Å². The van der Waals surface area contributed by atoms with Gasteiger partial charge in [0.25, 0.3) is 0 Å². The van der Waals surface area contributed by atoms with E-state index in [-0.39, 0.29) is 21.1 Å². The number of hydrogen-bond acceptors (Lipinski definition) is 1. The lowest BCUT2D eigenvalue weighted by Gasteiger charge is -1.95. The molecular formula is C9H4Cl2FNO2. The number of halogens is 3. The monoisotopic (exact) mass is 247 g/mol. The van der Waals surface area contributed by atoms with E-state index in [1.165, 1.54) is 6.07 Å². The fourth-order valence-corrected chi connectivity index (χ4v) is 1.96. The van der Waals surface area contributed by atoms with Crippen LogP contribution in [-0.2, 0) is 0 Å². The molecule has 2 aromatic rings. The van der Waals surface area contributed by atoms with E-state index in [9.17, 15) is 9.18 Å². The van der Waals surface area contributed by atoms with Gasteiger partial charge in [0, 0.05) is 10.9 Å². The quantitative estimate of drug-likeness (QED) is 0.813. The molecule has 0 saturated heterocycles. The van der Waals surface area contributed by atoms with Gasteiger partial charge in [-0.2, -0.15) is 0 Å². The Kier molecular flexibility index (Phi) is 2.32. The third-order valence-electron chi connectivity index (χ3n) is 2.01. The molecule has 1 aromatic heterocycles. The molecule has 0 aliphatic heterocycles. The van der Waals surface area contributed by atoms with Crippen molar-refractivity contribution in [2.75, 3.05) is 0 Å². The maximum absolute atomic E-state index is 13.1. The van der Waals surface area contributed by atoms with Gasteiger partial charge >= 0.3 is 5.97 Å². The van der Waals surface area contributed by atoms with Crippen molar-refractivity contribution in [2.24, 2.45) is 0 Å². The first-order valence-electron chi connectivity index (χ1n) is 3.91. The zero-order chi connectivity index (χ0) is 11.2. The normalized spacial score (nSPS) is 10.9. The molecule has 0 spiro atoms. The Bertz CT molecular complexity index is 565. The van der Waals surface area contributed by atoms with Crippen LogP contribution in [0, 0.1) is 5.82 Å². The average Bonchev–Trinajstić information content (AvgIpc) is 2.50. The first-order valence-corrected chi connectivity index (χ1v) is 4.66. The van der Waals surface area contributed by atoms with Gasteiger partial charge in [0.15, 0.2) is 0 Å². The average molecular weight is 248 g/mol. The number of rotatable bonds is 1. The Labute approximate surface area is 93.4 Å². The zero-order valence-electron chi connectivity index (χ0n) is 7.14. The number of nitrogens with one attached hydrogen (secondary N) is 1. The summed E-state index contributed by atoms with van der Waals surface area (Å²) < 4.78 is 13.1. The minimum absolute atomic E-state index is 0.0815. The molecule has 0 aliphatic rings. The van der Waals surface area contributed by atoms with Crippen molar-refractivity contribution >= 4 is 40.1 Å². The highest BCUT2D eigenvalue weighted by Crippen LogP contribution is 2.34. The first kappa shape index (κ1) is 10.3. The van der Waals surface area contributed by atoms with Crippen LogP contribution in [0.25, 0.3) is 10.9 Å². The minimum atomic E-state index is -1.22. The SMILES string of the molecule is O=C(O)c1[nH]c2ccc(F)c(Cl)c2c1Cl. The second-order valence-corrected chi connectivity index (χ2v) is 3.66. The summed E-state index contributed by atoms with van der Waals surface area (Å²) in [4.78, 5) is 13.3. The van der Waals surface area contributed by atoms with Crippen LogP contribution in [-0.4, -0.2) is 16.1 Å². The molecule has 0 amide bonds. The van der Waals surface area contributed by atoms with Gasteiger partial charge in [-0.1, -0.05) is 23.2 Å². The van der Waals surface area contributed by atoms with E-state index >= 15 is 0 Å². The summed E-state index contributed by atoms with van der Waals surface area (Å²) >= 11 is 11.4. The van der Waals surface area contributed by atoms with E-state index in [1.54, 1.807) is 0 Å². The number of carboxylic acid groups (broad SMARTS) is 1. The van der Waals surface area contributed by atoms with Gasteiger partial charge in [-0.3, -0.25) is 0 Å². The van der Waals surface area contributed by atoms with Crippen molar-refractivity contribution in [3.63, 3.8) is 0 Å². The van der Waals surface area contributed by atoms with Gasteiger partial charge < -0.3 is 10.1 Å². The Balaban J connectivity index is 2.89. The Morgan fingerprint density at radius 1 is 1.33 bits per heavy atom. The summed E-state index contributed by atoms with van der Waals surface area (Å²) in [7, 11) is 0. The number of aromatic carboxylic acids is 1. The van der Waals surface area contributed by atoms with E-state index in [2.05, 4.69) is 4.98 Å². The van der Waals surface area contributed by atoms with Crippen LogP contribution in [0.3, 0.4) is 0 Å². The molecule has 0 saturated carbocycles. The summed E-state index contributed by atoms with van der Waals surface area (Å²) in [6, 6.07) is 2.53. The molecule has 15 heavy (non-hydrogen) atoms. The molecule has 2 N–H and O–H groups in total. The fraction of sp³-hybridized carbons (Fsp3) is 0. The molecule has 0 atom stereocenters.